The van der Waals surface area contributed by atoms with Gasteiger partial charge in [0.05, 0.1) is 5.52 Å². The summed E-state index contributed by atoms with van der Waals surface area (Å²) in [5, 5.41) is 9.93. The van der Waals surface area contributed by atoms with E-state index in [2.05, 4.69) is 4.98 Å². The highest BCUT2D eigenvalue weighted by Gasteiger charge is 2.26. The summed E-state index contributed by atoms with van der Waals surface area (Å²) in [6.07, 6.45) is 0.587. The number of aryl methyl sites for hydroxylation is 2. The fourth-order valence-electron chi connectivity index (χ4n) is 2.11. The molecule has 0 radical (unpaired) electrons. The molecule has 3 rings (SSSR count). The van der Waals surface area contributed by atoms with E-state index in [9.17, 15) is 9.90 Å². The summed E-state index contributed by atoms with van der Waals surface area (Å²) in [6, 6.07) is 3.50. The van der Waals surface area contributed by atoms with Crippen molar-refractivity contribution in [2.24, 2.45) is 7.05 Å². The molecule has 2 aromatic rings. The van der Waals surface area contributed by atoms with E-state index in [1.165, 1.54) is 0 Å². The van der Waals surface area contributed by atoms with E-state index < -0.39 is 0 Å². The zero-order chi connectivity index (χ0) is 12.2. The number of nitrogens with zero attached hydrogens (tertiary/aromatic N) is 3. The van der Waals surface area contributed by atoms with Gasteiger partial charge in [-0.2, -0.15) is 0 Å². The Balaban J connectivity index is 2.22. The zero-order valence-corrected chi connectivity index (χ0v) is 9.77. The van der Waals surface area contributed by atoms with E-state index in [1.54, 1.807) is 11.0 Å². The van der Waals surface area contributed by atoms with Crippen LogP contribution in [0.15, 0.2) is 12.1 Å². The number of β-lactam (4-membered cyclic amide) rings is 1. The van der Waals surface area contributed by atoms with Crippen molar-refractivity contribution < 1.29 is 9.90 Å². The molecule has 0 aliphatic carbocycles. The molecule has 1 N–H and O–H groups in total. The molecule has 17 heavy (non-hydrogen) atoms. The fraction of sp³-hybridized carbons (Fsp3) is 0.333. The first kappa shape index (κ1) is 10.1. The molecule has 1 fully saturated rings. The van der Waals surface area contributed by atoms with E-state index in [0.29, 0.717) is 11.9 Å². The first-order valence-corrected chi connectivity index (χ1v) is 5.54. The molecule has 0 bridgehead atoms. The molecule has 1 aromatic carbocycles. The predicted molar refractivity (Wildman–Crippen MR) is 64.1 cm³/mol. The van der Waals surface area contributed by atoms with Crippen LogP contribution in [0.25, 0.3) is 11.0 Å². The van der Waals surface area contributed by atoms with E-state index in [1.807, 2.05) is 24.6 Å². The second-order valence-electron chi connectivity index (χ2n) is 4.35. The van der Waals surface area contributed by atoms with Crippen LogP contribution in [0.5, 0.6) is 5.75 Å². The van der Waals surface area contributed by atoms with Gasteiger partial charge in [-0.15, -0.1) is 0 Å². The smallest absolute Gasteiger partial charge is 0.228 e. The van der Waals surface area contributed by atoms with Gasteiger partial charge in [0.2, 0.25) is 5.91 Å². The number of amides is 1. The molecule has 5 nitrogen and oxygen atoms in total. The van der Waals surface area contributed by atoms with Gasteiger partial charge in [0.25, 0.3) is 0 Å². The fourth-order valence-corrected chi connectivity index (χ4v) is 2.11. The Hall–Kier alpha value is -2.04. The standard InChI is InChI=1S/C12H13N3O2/c1-7-13-12-9(14(7)2)5-8(6-10(12)16)15-4-3-11(15)17/h5-6,16H,3-4H2,1-2H3. The number of phenols is 1. The van der Waals surface area contributed by atoms with Gasteiger partial charge in [0.15, 0.2) is 0 Å². The summed E-state index contributed by atoms with van der Waals surface area (Å²) in [7, 11) is 1.89. The molecule has 1 aliphatic heterocycles. The molecular weight excluding hydrogens is 218 g/mol. The number of hydrogen-bond acceptors (Lipinski definition) is 3. The van der Waals surface area contributed by atoms with Crippen molar-refractivity contribution in [3.63, 3.8) is 0 Å². The van der Waals surface area contributed by atoms with E-state index in [-0.39, 0.29) is 11.7 Å². The normalized spacial score (nSPS) is 15.4. The minimum atomic E-state index is 0.0997. The van der Waals surface area contributed by atoms with Gasteiger partial charge in [-0.3, -0.25) is 4.79 Å². The maximum Gasteiger partial charge on any atom is 0.228 e. The average molecular weight is 231 g/mol. The number of carbonyl (C=O) groups excluding carboxylic acids is 1. The lowest BCUT2D eigenvalue weighted by Gasteiger charge is -2.30. The molecule has 1 amide bonds. The van der Waals surface area contributed by atoms with Gasteiger partial charge in [-0.25, -0.2) is 4.98 Å². The van der Waals surface area contributed by atoms with Crippen LogP contribution < -0.4 is 4.90 Å². The molecule has 88 valence electrons. The highest BCUT2D eigenvalue weighted by atomic mass is 16.3. The Morgan fingerprint density at radius 3 is 2.76 bits per heavy atom. The van der Waals surface area contributed by atoms with Crippen molar-refractivity contribution in [1.82, 2.24) is 9.55 Å². The number of hydrogen-bond donors (Lipinski definition) is 1. The number of fused-ring (bicyclic) bond motifs is 1. The van der Waals surface area contributed by atoms with Crippen LogP contribution in [0.3, 0.4) is 0 Å². The number of imidazole rings is 1. The molecule has 0 saturated carbocycles. The molecule has 2 heterocycles. The molecule has 0 unspecified atom stereocenters. The van der Waals surface area contributed by atoms with Crippen LogP contribution in [-0.4, -0.2) is 27.1 Å². The van der Waals surface area contributed by atoms with E-state index >= 15 is 0 Å². The van der Waals surface area contributed by atoms with Crippen LogP contribution in [0.4, 0.5) is 5.69 Å². The number of carbonyl (C=O) groups is 1. The predicted octanol–water partition coefficient (Wildman–Crippen LogP) is 1.32. The van der Waals surface area contributed by atoms with E-state index in [4.69, 9.17) is 0 Å². The highest BCUT2D eigenvalue weighted by Crippen LogP contribution is 2.32. The average Bonchev–Trinajstić information content (AvgIpc) is 2.55. The number of anilines is 1. The summed E-state index contributed by atoms with van der Waals surface area (Å²) in [5.41, 5.74) is 2.17. The molecule has 1 saturated heterocycles. The first-order chi connectivity index (χ1) is 8.08. The quantitative estimate of drug-likeness (QED) is 0.753. The van der Waals surface area contributed by atoms with Crippen molar-refractivity contribution in [2.45, 2.75) is 13.3 Å². The SMILES string of the molecule is Cc1nc2c(O)cc(N3CCC3=O)cc2n1C. The summed E-state index contributed by atoms with van der Waals surface area (Å²) < 4.78 is 1.91. The third-order valence-corrected chi connectivity index (χ3v) is 3.34. The van der Waals surface area contributed by atoms with Crippen LogP contribution in [0.2, 0.25) is 0 Å². The number of aromatic nitrogens is 2. The number of rotatable bonds is 1. The van der Waals surface area contributed by atoms with Crippen molar-refractivity contribution in [3.05, 3.63) is 18.0 Å². The van der Waals surface area contributed by atoms with Crippen LogP contribution >= 0.6 is 0 Å². The number of aromatic hydroxyl groups is 1. The summed E-state index contributed by atoms with van der Waals surface area (Å²) in [6.45, 7) is 2.61. The second-order valence-corrected chi connectivity index (χ2v) is 4.35. The maximum absolute atomic E-state index is 11.4. The van der Waals surface area contributed by atoms with Crippen LogP contribution in [0, 0.1) is 6.92 Å². The van der Waals surface area contributed by atoms with Crippen LogP contribution in [0.1, 0.15) is 12.2 Å². The minimum absolute atomic E-state index is 0.0997. The Morgan fingerprint density at radius 2 is 2.18 bits per heavy atom. The summed E-state index contributed by atoms with van der Waals surface area (Å²) in [5.74, 6) is 1.06. The Morgan fingerprint density at radius 1 is 1.41 bits per heavy atom. The Labute approximate surface area is 98.3 Å². The van der Waals surface area contributed by atoms with Gasteiger partial charge in [-0.05, 0) is 13.0 Å². The van der Waals surface area contributed by atoms with Gasteiger partial charge in [0, 0.05) is 31.8 Å². The lowest BCUT2D eigenvalue weighted by molar-refractivity contribution is -0.122. The molecular formula is C12H13N3O2. The molecule has 5 heteroatoms. The molecule has 1 aliphatic rings. The minimum Gasteiger partial charge on any atom is -0.506 e. The lowest BCUT2D eigenvalue weighted by Crippen LogP contribution is -2.43. The number of phenolic OH excluding ortho intramolecular Hbond substituents is 1. The van der Waals surface area contributed by atoms with Gasteiger partial charge >= 0.3 is 0 Å². The number of benzene rings is 1. The summed E-state index contributed by atoms with van der Waals surface area (Å²) in [4.78, 5) is 17.3. The first-order valence-electron chi connectivity index (χ1n) is 5.54. The molecule has 0 atom stereocenters. The maximum atomic E-state index is 11.4. The third-order valence-electron chi connectivity index (χ3n) is 3.34. The van der Waals surface area contributed by atoms with Crippen molar-refractivity contribution in [2.75, 3.05) is 11.4 Å². The zero-order valence-electron chi connectivity index (χ0n) is 9.77. The third kappa shape index (κ3) is 1.32. The molecule has 1 aromatic heterocycles. The van der Waals surface area contributed by atoms with Gasteiger partial charge < -0.3 is 14.6 Å². The highest BCUT2D eigenvalue weighted by molar-refractivity contribution is 6.01. The monoisotopic (exact) mass is 231 g/mol. The Bertz CT molecular complexity index is 630. The topological polar surface area (TPSA) is 58.4 Å². The van der Waals surface area contributed by atoms with Gasteiger partial charge in [0.1, 0.15) is 17.1 Å². The molecule has 0 spiro atoms. The van der Waals surface area contributed by atoms with Crippen LogP contribution in [-0.2, 0) is 11.8 Å². The van der Waals surface area contributed by atoms with Crippen molar-refractivity contribution >= 4 is 22.6 Å². The van der Waals surface area contributed by atoms with Gasteiger partial charge in [-0.1, -0.05) is 0 Å². The summed E-state index contributed by atoms with van der Waals surface area (Å²) >= 11 is 0. The Kier molecular flexibility index (Phi) is 1.92. The second kappa shape index (κ2) is 3.23. The lowest BCUT2D eigenvalue weighted by atomic mass is 10.1. The van der Waals surface area contributed by atoms with Crippen molar-refractivity contribution in [3.8, 4) is 5.75 Å². The van der Waals surface area contributed by atoms with E-state index in [0.717, 1.165) is 23.6 Å². The van der Waals surface area contributed by atoms with Crippen molar-refractivity contribution in [1.29, 1.82) is 0 Å². The largest absolute Gasteiger partial charge is 0.506 e.